The molecule has 1 fully saturated rings. The second kappa shape index (κ2) is 10.6. The Bertz CT molecular complexity index is 1480. The molecule has 0 saturated carbocycles. The molecule has 5 rings (SSSR count). The minimum atomic E-state index is -0.544. The van der Waals surface area contributed by atoms with Gasteiger partial charge in [0.2, 0.25) is 5.91 Å². The molecule has 1 amide bonds. The third-order valence-electron chi connectivity index (χ3n) is 6.47. The van der Waals surface area contributed by atoms with Gasteiger partial charge >= 0.3 is 0 Å². The molecule has 188 valence electrons. The van der Waals surface area contributed by atoms with Crippen LogP contribution in [0.1, 0.15) is 5.56 Å². The van der Waals surface area contributed by atoms with Crippen LogP contribution < -0.4 is 15.8 Å². The third kappa shape index (κ3) is 5.65. The number of fused-ring (bicyclic) bond motifs is 1. The Labute approximate surface area is 212 Å². The lowest BCUT2D eigenvalue weighted by molar-refractivity contribution is -0.384. The molecule has 10 heteroatoms. The maximum Gasteiger partial charge on any atom is 0.271 e. The Hall–Kier alpha value is -4.57. The van der Waals surface area contributed by atoms with Crippen LogP contribution in [-0.2, 0) is 17.9 Å². The first-order chi connectivity index (χ1) is 18.0. The SMILES string of the molecule is O=C(Cn1cnc2cc([N+](=O)[O-])ccc2c1=O)Nc1ccc(N2CCN(Cc3ccccc3)CC2)cc1. The first-order valence-electron chi connectivity index (χ1n) is 12.0. The second-order valence-corrected chi connectivity index (χ2v) is 8.98. The van der Waals surface area contributed by atoms with Crippen LogP contribution in [0.5, 0.6) is 0 Å². The highest BCUT2D eigenvalue weighted by molar-refractivity contribution is 5.91. The quantitative estimate of drug-likeness (QED) is 0.307. The number of nitro groups is 1. The van der Waals surface area contributed by atoms with Crippen molar-refractivity contribution in [1.82, 2.24) is 14.5 Å². The lowest BCUT2D eigenvalue weighted by atomic mass is 10.2. The molecular formula is C27H26N6O4. The van der Waals surface area contributed by atoms with Crippen molar-refractivity contribution in [3.63, 3.8) is 0 Å². The van der Waals surface area contributed by atoms with Crippen LogP contribution in [0.15, 0.2) is 83.9 Å². The van der Waals surface area contributed by atoms with Crippen molar-refractivity contribution in [3.8, 4) is 0 Å². The lowest BCUT2D eigenvalue weighted by Gasteiger charge is -2.36. The average Bonchev–Trinajstić information content (AvgIpc) is 2.91. The van der Waals surface area contributed by atoms with E-state index in [1.165, 1.54) is 34.7 Å². The zero-order valence-electron chi connectivity index (χ0n) is 20.1. The molecule has 1 saturated heterocycles. The topological polar surface area (TPSA) is 114 Å². The highest BCUT2D eigenvalue weighted by Gasteiger charge is 2.18. The number of benzene rings is 3. The molecule has 0 aliphatic carbocycles. The number of aromatic nitrogens is 2. The molecule has 0 radical (unpaired) electrons. The Morgan fingerprint density at radius 3 is 2.41 bits per heavy atom. The molecule has 0 spiro atoms. The number of amides is 1. The summed E-state index contributed by atoms with van der Waals surface area (Å²) in [6.07, 6.45) is 1.23. The Morgan fingerprint density at radius 1 is 0.973 bits per heavy atom. The van der Waals surface area contributed by atoms with E-state index in [1.54, 1.807) is 0 Å². The van der Waals surface area contributed by atoms with Crippen LogP contribution in [0.25, 0.3) is 10.9 Å². The molecule has 3 aromatic carbocycles. The third-order valence-corrected chi connectivity index (χ3v) is 6.47. The molecule has 37 heavy (non-hydrogen) atoms. The fourth-order valence-corrected chi connectivity index (χ4v) is 4.49. The van der Waals surface area contributed by atoms with Crippen molar-refractivity contribution in [2.24, 2.45) is 0 Å². The summed E-state index contributed by atoms with van der Waals surface area (Å²) in [5.74, 6) is -0.368. The van der Waals surface area contributed by atoms with Crippen molar-refractivity contribution in [1.29, 1.82) is 0 Å². The van der Waals surface area contributed by atoms with E-state index < -0.39 is 10.5 Å². The number of piperazine rings is 1. The van der Waals surface area contributed by atoms with Gasteiger partial charge in [-0.1, -0.05) is 30.3 Å². The maximum atomic E-state index is 12.7. The first-order valence-corrected chi connectivity index (χ1v) is 12.0. The van der Waals surface area contributed by atoms with Crippen molar-refractivity contribution in [2.45, 2.75) is 13.1 Å². The largest absolute Gasteiger partial charge is 0.369 e. The Balaban J connectivity index is 1.16. The molecule has 1 aliphatic rings. The van der Waals surface area contributed by atoms with Crippen LogP contribution in [-0.4, -0.2) is 51.5 Å². The monoisotopic (exact) mass is 498 g/mol. The molecule has 1 N–H and O–H groups in total. The van der Waals surface area contributed by atoms with Crippen LogP contribution in [0.4, 0.5) is 17.1 Å². The number of carbonyl (C=O) groups excluding carboxylic acids is 1. The number of rotatable bonds is 7. The number of carbonyl (C=O) groups is 1. The van der Waals surface area contributed by atoms with E-state index in [2.05, 4.69) is 44.4 Å². The average molecular weight is 499 g/mol. The summed E-state index contributed by atoms with van der Waals surface area (Å²) in [5.41, 5.74) is 2.69. The maximum absolute atomic E-state index is 12.7. The van der Waals surface area contributed by atoms with Crippen molar-refractivity contribution in [3.05, 3.63) is 105 Å². The van der Waals surface area contributed by atoms with Gasteiger partial charge in [0.25, 0.3) is 11.2 Å². The van der Waals surface area contributed by atoms with Gasteiger partial charge in [-0.25, -0.2) is 4.98 Å². The molecule has 0 unspecified atom stereocenters. The van der Waals surface area contributed by atoms with Crippen molar-refractivity contribution >= 4 is 33.9 Å². The van der Waals surface area contributed by atoms with E-state index in [9.17, 15) is 19.7 Å². The standard InChI is InChI=1S/C27H26N6O4/c34-26(18-32-19-28-25-16-23(33(36)37)10-11-24(25)27(32)35)29-21-6-8-22(9-7-21)31-14-12-30(13-15-31)17-20-4-2-1-3-5-20/h1-11,16,19H,12-15,17-18H2,(H,29,34). The van der Waals surface area contributed by atoms with Crippen molar-refractivity contribution < 1.29 is 9.72 Å². The second-order valence-electron chi connectivity index (χ2n) is 8.98. The number of nitrogens with one attached hydrogen (secondary N) is 1. The van der Waals surface area contributed by atoms with Gasteiger partial charge in [-0.05, 0) is 35.9 Å². The number of non-ortho nitro benzene ring substituents is 1. The smallest absolute Gasteiger partial charge is 0.271 e. The van der Waals surface area contributed by atoms with Crippen LogP contribution in [0.3, 0.4) is 0 Å². The zero-order chi connectivity index (χ0) is 25.8. The van der Waals surface area contributed by atoms with E-state index in [4.69, 9.17) is 0 Å². The normalized spacial score (nSPS) is 14.0. The van der Waals surface area contributed by atoms with Gasteiger partial charge in [0.1, 0.15) is 6.54 Å². The highest BCUT2D eigenvalue weighted by atomic mass is 16.6. The predicted octanol–water partition coefficient (Wildman–Crippen LogP) is 3.27. The minimum absolute atomic E-state index is 0.146. The van der Waals surface area contributed by atoms with Gasteiger partial charge in [-0.2, -0.15) is 0 Å². The van der Waals surface area contributed by atoms with Gasteiger partial charge < -0.3 is 10.2 Å². The number of anilines is 2. The number of nitrogens with zero attached hydrogens (tertiary/aromatic N) is 5. The van der Waals surface area contributed by atoms with Crippen LogP contribution in [0, 0.1) is 10.1 Å². The lowest BCUT2D eigenvalue weighted by Crippen LogP contribution is -2.45. The van der Waals surface area contributed by atoms with E-state index in [0.717, 1.165) is 38.4 Å². The number of hydrogen-bond donors (Lipinski definition) is 1. The summed E-state index contributed by atoms with van der Waals surface area (Å²) < 4.78 is 1.19. The van der Waals surface area contributed by atoms with Crippen molar-refractivity contribution in [2.75, 3.05) is 36.4 Å². The summed E-state index contributed by atoms with van der Waals surface area (Å²) in [6, 6.07) is 22.0. The van der Waals surface area contributed by atoms with Gasteiger partial charge in [0.05, 0.1) is 22.2 Å². The summed E-state index contributed by atoms with van der Waals surface area (Å²) in [7, 11) is 0. The number of hydrogen-bond acceptors (Lipinski definition) is 7. The van der Waals surface area contributed by atoms with E-state index >= 15 is 0 Å². The van der Waals surface area contributed by atoms with E-state index in [1.807, 2.05) is 30.3 Å². The minimum Gasteiger partial charge on any atom is -0.369 e. The first kappa shape index (κ1) is 24.1. The summed E-state index contributed by atoms with van der Waals surface area (Å²) in [4.78, 5) is 44.6. The molecule has 10 nitrogen and oxygen atoms in total. The van der Waals surface area contributed by atoms with E-state index in [-0.39, 0.29) is 29.0 Å². The highest BCUT2D eigenvalue weighted by Crippen LogP contribution is 2.21. The molecule has 0 bridgehead atoms. The molecule has 2 heterocycles. The van der Waals surface area contributed by atoms with Gasteiger partial charge in [-0.3, -0.25) is 29.2 Å². The number of nitro benzene ring substituents is 1. The zero-order valence-corrected chi connectivity index (χ0v) is 20.1. The molecule has 4 aromatic rings. The molecule has 1 aliphatic heterocycles. The van der Waals surface area contributed by atoms with E-state index in [0.29, 0.717) is 5.69 Å². The Morgan fingerprint density at radius 2 is 1.70 bits per heavy atom. The Kier molecular flexibility index (Phi) is 6.91. The molecule has 1 aromatic heterocycles. The van der Waals surface area contributed by atoms with Gasteiger partial charge in [0.15, 0.2) is 0 Å². The predicted molar refractivity (Wildman–Crippen MR) is 142 cm³/mol. The summed E-state index contributed by atoms with van der Waals surface area (Å²) >= 11 is 0. The molecular weight excluding hydrogens is 472 g/mol. The fourth-order valence-electron chi connectivity index (χ4n) is 4.49. The van der Waals surface area contributed by atoms with Gasteiger partial charge in [-0.15, -0.1) is 0 Å². The molecule has 0 atom stereocenters. The van der Waals surface area contributed by atoms with Crippen LogP contribution >= 0.6 is 0 Å². The summed E-state index contributed by atoms with van der Waals surface area (Å²) in [5, 5.41) is 14.0. The van der Waals surface area contributed by atoms with Crippen LogP contribution in [0.2, 0.25) is 0 Å². The van der Waals surface area contributed by atoms with Gasteiger partial charge in [0, 0.05) is 56.2 Å². The summed E-state index contributed by atoms with van der Waals surface area (Å²) in [6.45, 7) is 4.56. The fraction of sp³-hybridized carbons (Fsp3) is 0.222.